The fourth-order valence-electron chi connectivity index (χ4n) is 4.07. The minimum Gasteiger partial charge on any atom is -0.495 e. The molecule has 0 fully saturated rings. The summed E-state index contributed by atoms with van der Waals surface area (Å²) < 4.78 is 16.4. The van der Waals surface area contributed by atoms with Gasteiger partial charge in [0, 0.05) is 35.1 Å². The van der Waals surface area contributed by atoms with Gasteiger partial charge in [-0.15, -0.1) is 0 Å². The molecule has 0 spiro atoms. The van der Waals surface area contributed by atoms with E-state index in [-0.39, 0.29) is 11.8 Å². The number of ether oxygens (including phenoxy) is 3. The highest BCUT2D eigenvalue weighted by Gasteiger charge is 2.21. The Bertz CT molecular complexity index is 1300. The van der Waals surface area contributed by atoms with Gasteiger partial charge in [-0.1, -0.05) is 35.9 Å². The summed E-state index contributed by atoms with van der Waals surface area (Å²) in [4.78, 5) is 16.3. The summed E-state index contributed by atoms with van der Waals surface area (Å²) in [6, 6.07) is 19.0. The summed E-state index contributed by atoms with van der Waals surface area (Å²) in [5, 5.41) is 4.56. The van der Waals surface area contributed by atoms with Crippen molar-refractivity contribution in [1.29, 1.82) is 0 Å². The number of fused-ring (bicyclic) bond motifs is 1. The van der Waals surface area contributed by atoms with Crippen molar-refractivity contribution in [3.8, 4) is 17.2 Å². The average Bonchev–Trinajstić information content (AvgIpc) is 3.28. The standard InChI is InChI=1S/C27H27ClN2O4/c1-4-34-25-12-9-17(14-26(25)33-3)20(21-16-29-23-8-6-5-7-19(21)23)15-30-27(31)18-10-11-24(32-2)22(28)13-18/h5-14,16,20,29H,4,15H2,1-3H3,(H,30,31)/t20-/m0/s1. The maximum Gasteiger partial charge on any atom is 0.251 e. The molecule has 6 nitrogen and oxygen atoms in total. The molecule has 0 bridgehead atoms. The van der Waals surface area contributed by atoms with E-state index in [0.29, 0.717) is 41.0 Å². The lowest BCUT2D eigenvalue weighted by molar-refractivity contribution is 0.0952. The van der Waals surface area contributed by atoms with Crippen LogP contribution in [0, 0.1) is 0 Å². The molecule has 0 saturated carbocycles. The van der Waals surface area contributed by atoms with Gasteiger partial charge in [-0.2, -0.15) is 0 Å². The molecule has 1 aromatic heterocycles. The topological polar surface area (TPSA) is 72.6 Å². The Labute approximate surface area is 203 Å². The van der Waals surface area contributed by atoms with Crippen LogP contribution in [0.15, 0.2) is 66.9 Å². The molecule has 4 rings (SSSR count). The first-order valence-corrected chi connectivity index (χ1v) is 11.4. The molecule has 0 radical (unpaired) electrons. The summed E-state index contributed by atoms with van der Waals surface area (Å²) in [5.41, 5.74) is 3.58. The van der Waals surface area contributed by atoms with Gasteiger partial charge in [0.1, 0.15) is 5.75 Å². The van der Waals surface area contributed by atoms with Crippen LogP contribution in [0.2, 0.25) is 5.02 Å². The van der Waals surface area contributed by atoms with Crippen molar-refractivity contribution < 1.29 is 19.0 Å². The first kappa shape index (κ1) is 23.5. The van der Waals surface area contributed by atoms with Crippen LogP contribution >= 0.6 is 11.6 Å². The quantitative estimate of drug-likeness (QED) is 0.319. The number of para-hydroxylation sites is 1. The molecule has 0 unspecified atom stereocenters. The van der Waals surface area contributed by atoms with Gasteiger partial charge in [0.05, 0.1) is 25.8 Å². The third kappa shape index (κ3) is 4.82. The number of hydrogen-bond acceptors (Lipinski definition) is 4. The molecule has 1 amide bonds. The van der Waals surface area contributed by atoms with Crippen LogP contribution < -0.4 is 19.5 Å². The molecule has 34 heavy (non-hydrogen) atoms. The number of methoxy groups -OCH3 is 2. The molecular formula is C27H27ClN2O4. The lowest BCUT2D eigenvalue weighted by atomic mass is 9.90. The summed E-state index contributed by atoms with van der Waals surface area (Å²) >= 11 is 6.22. The maximum absolute atomic E-state index is 13.0. The van der Waals surface area contributed by atoms with Gasteiger partial charge in [-0.05, 0) is 54.4 Å². The van der Waals surface area contributed by atoms with Crippen molar-refractivity contribution in [3.63, 3.8) is 0 Å². The first-order chi connectivity index (χ1) is 16.5. The van der Waals surface area contributed by atoms with Crippen molar-refractivity contribution in [1.82, 2.24) is 10.3 Å². The van der Waals surface area contributed by atoms with Crippen LogP contribution in [-0.2, 0) is 0 Å². The van der Waals surface area contributed by atoms with Gasteiger partial charge in [-0.3, -0.25) is 4.79 Å². The van der Waals surface area contributed by atoms with E-state index >= 15 is 0 Å². The largest absolute Gasteiger partial charge is 0.495 e. The number of H-pyrrole nitrogens is 1. The van der Waals surface area contributed by atoms with Crippen molar-refractivity contribution in [2.24, 2.45) is 0 Å². The molecule has 1 atom stereocenters. The monoisotopic (exact) mass is 478 g/mol. The van der Waals surface area contributed by atoms with Crippen molar-refractivity contribution in [3.05, 3.63) is 88.6 Å². The zero-order valence-corrected chi connectivity index (χ0v) is 20.1. The van der Waals surface area contributed by atoms with E-state index in [1.165, 1.54) is 7.11 Å². The van der Waals surface area contributed by atoms with Crippen LogP contribution in [0.4, 0.5) is 0 Å². The Morgan fingerprint density at radius 1 is 1.00 bits per heavy atom. The Balaban J connectivity index is 1.67. The molecule has 0 aliphatic heterocycles. The molecule has 176 valence electrons. The van der Waals surface area contributed by atoms with Crippen LogP contribution in [0.1, 0.15) is 34.3 Å². The molecule has 7 heteroatoms. The highest BCUT2D eigenvalue weighted by Crippen LogP contribution is 2.36. The fraction of sp³-hybridized carbons (Fsp3) is 0.222. The lowest BCUT2D eigenvalue weighted by Gasteiger charge is -2.20. The molecular weight excluding hydrogens is 452 g/mol. The van der Waals surface area contributed by atoms with Crippen molar-refractivity contribution in [2.75, 3.05) is 27.4 Å². The van der Waals surface area contributed by atoms with Crippen LogP contribution in [0.25, 0.3) is 10.9 Å². The summed E-state index contributed by atoms with van der Waals surface area (Å²) in [5.74, 6) is 1.52. The number of nitrogens with one attached hydrogen (secondary N) is 2. The minimum atomic E-state index is -0.215. The Hall–Kier alpha value is -3.64. The second kappa shape index (κ2) is 10.5. The number of carbonyl (C=O) groups is 1. The summed E-state index contributed by atoms with van der Waals surface area (Å²) in [6.45, 7) is 2.85. The number of hydrogen-bond donors (Lipinski definition) is 2. The van der Waals surface area contributed by atoms with Crippen molar-refractivity contribution in [2.45, 2.75) is 12.8 Å². The number of aromatic amines is 1. The highest BCUT2D eigenvalue weighted by molar-refractivity contribution is 6.32. The summed E-state index contributed by atoms with van der Waals surface area (Å²) in [6.07, 6.45) is 1.99. The van der Waals surface area contributed by atoms with Gasteiger partial charge in [0.15, 0.2) is 11.5 Å². The Morgan fingerprint density at radius 2 is 1.76 bits per heavy atom. The second-order valence-electron chi connectivity index (χ2n) is 7.74. The molecule has 0 aliphatic carbocycles. The second-order valence-corrected chi connectivity index (χ2v) is 8.15. The van der Waals surface area contributed by atoms with Crippen LogP contribution in [-0.4, -0.2) is 38.3 Å². The predicted octanol–water partition coefficient (Wildman–Crippen LogP) is 5.80. The van der Waals surface area contributed by atoms with Crippen LogP contribution in [0.5, 0.6) is 17.2 Å². The average molecular weight is 479 g/mol. The number of amides is 1. The molecule has 0 saturated heterocycles. The molecule has 3 aromatic carbocycles. The fourth-order valence-corrected chi connectivity index (χ4v) is 4.33. The van der Waals surface area contributed by atoms with Crippen LogP contribution in [0.3, 0.4) is 0 Å². The zero-order valence-electron chi connectivity index (χ0n) is 19.4. The van der Waals surface area contributed by atoms with Gasteiger partial charge < -0.3 is 24.5 Å². The zero-order chi connectivity index (χ0) is 24.1. The smallest absolute Gasteiger partial charge is 0.251 e. The predicted molar refractivity (Wildman–Crippen MR) is 135 cm³/mol. The number of halogens is 1. The SMILES string of the molecule is CCOc1ccc([C@H](CNC(=O)c2ccc(OC)c(Cl)c2)c2c[nH]c3ccccc23)cc1OC. The van der Waals surface area contributed by atoms with E-state index in [9.17, 15) is 4.79 Å². The third-order valence-corrected chi connectivity index (χ3v) is 6.06. The van der Waals surface area contributed by atoms with E-state index < -0.39 is 0 Å². The first-order valence-electron chi connectivity index (χ1n) is 11.0. The van der Waals surface area contributed by atoms with E-state index in [2.05, 4.69) is 16.4 Å². The number of rotatable bonds is 9. The van der Waals surface area contributed by atoms with Gasteiger partial charge >= 0.3 is 0 Å². The normalized spacial score (nSPS) is 11.8. The van der Waals surface area contributed by atoms with Gasteiger partial charge in [0.25, 0.3) is 5.91 Å². The number of carbonyl (C=O) groups excluding carboxylic acids is 1. The lowest BCUT2D eigenvalue weighted by Crippen LogP contribution is -2.29. The van der Waals surface area contributed by atoms with E-state index in [1.54, 1.807) is 25.3 Å². The maximum atomic E-state index is 13.0. The molecule has 4 aromatic rings. The third-order valence-electron chi connectivity index (χ3n) is 5.77. The van der Waals surface area contributed by atoms with E-state index in [0.717, 1.165) is 22.0 Å². The Morgan fingerprint density at radius 3 is 2.50 bits per heavy atom. The molecule has 2 N–H and O–H groups in total. The molecule has 1 heterocycles. The van der Waals surface area contributed by atoms with E-state index in [1.807, 2.05) is 49.5 Å². The van der Waals surface area contributed by atoms with E-state index in [4.69, 9.17) is 25.8 Å². The number of benzene rings is 3. The highest BCUT2D eigenvalue weighted by atomic mass is 35.5. The Kier molecular flexibility index (Phi) is 7.28. The van der Waals surface area contributed by atoms with Gasteiger partial charge in [0.2, 0.25) is 0 Å². The molecule has 0 aliphatic rings. The van der Waals surface area contributed by atoms with Crippen molar-refractivity contribution >= 4 is 28.4 Å². The van der Waals surface area contributed by atoms with Gasteiger partial charge in [-0.25, -0.2) is 0 Å². The number of aromatic nitrogens is 1. The minimum absolute atomic E-state index is 0.126. The summed E-state index contributed by atoms with van der Waals surface area (Å²) in [7, 11) is 3.16.